The van der Waals surface area contributed by atoms with Crippen molar-refractivity contribution in [2.24, 2.45) is 0 Å². The topological polar surface area (TPSA) is 70.2 Å². The van der Waals surface area contributed by atoms with E-state index >= 15 is 0 Å². The first-order valence-electron chi connectivity index (χ1n) is 10.8. The third-order valence-corrected chi connectivity index (χ3v) is 5.43. The lowest BCUT2D eigenvalue weighted by atomic mass is 10.1. The number of carbonyl (C=O) groups is 1. The highest BCUT2D eigenvalue weighted by Crippen LogP contribution is 2.25. The molecule has 6 nitrogen and oxygen atoms in total. The Bertz CT molecular complexity index is 1270. The Labute approximate surface area is 192 Å². The number of nitrogens with zero attached hydrogens (tertiary/aromatic N) is 3. The van der Waals surface area contributed by atoms with E-state index in [1.54, 1.807) is 0 Å². The zero-order chi connectivity index (χ0) is 23.4. The van der Waals surface area contributed by atoms with Gasteiger partial charge in [0.1, 0.15) is 11.6 Å². The smallest absolute Gasteiger partial charge is 0.255 e. The molecule has 0 unspecified atom stereocenters. The minimum Gasteiger partial charge on any atom is -0.365 e. The van der Waals surface area contributed by atoms with Gasteiger partial charge in [0, 0.05) is 36.8 Å². The highest BCUT2D eigenvalue weighted by Gasteiger charge is 2.11. The summed E-state index contributed by atoms with van der Waals surface area (Å²) in [6.45, 7) is 5.49. The molecule has 0 saturated carbocycles. The molecule has 2 N–H and O–H groups in total. The molecule has 0 radical (unpaired) electrons. The molecule has 1 aromatic heterocycles. The van der Waals surface area contributed by atoms with E-state index in [0.717, 1.165) is 34.4 Å². The molecule has 0 aliphatic heterocycles. The van der Waals surface area contributed by atoms with Gasteiger partial charge in [-0.25, -0.2) is 9.37 Å². The lowest BCUT2D eigenvalue weighted by molar-refractivity contribution is 0.102. The van der Waals surface area contributed by atoms with Crippen molar-refractivity contribution in [3.05, 3.63) is 89.2 Å². The Hall–Kier alpha value is -4.00. The summed E-state index contributed by atoms with van der Waals surface area (Å²) in [6.07, 6.45) is 0. The van der Waals surface area contributed by atoms with Crippen LogP contribution in [0, 0.1) is 12.7 Å². The minimum absolute atomic E-state index is 0.281. The number of rotatable bonds is 7. The monoisotopic (exact) mass is 443 g/mol. The molecular formula is C26H26FN5O. The molecule has 3 aromatic carbocycles. The summed E-state index contributed by atoms with van der Waals surface area (Å²) in [5.41, 5.74) is 4.17. The summed E-state index contributed by atoms with van der Waals surface area (Å²) in [7, 11) is 1.97. The van der Waals surface area contributed by atoms with Crippen LogP contribution in [0.1, 0.15) is 28.4 Å². The number of benzene rings is 3. The molecule has 7 heteroatoms. The third-order valence-electron chi connectivity index (χ3n) is 5.43. The SMILES string of the molecule is CCN(C)c1nc(NCc2ccc(NC(=O)c3ccc(F)cc3)cc2)c2ccc(C)cc2n1. The van der Waals surface area contributed by atoms with Crippen LogP contribution in [0.25, 0.3) is 10.9 Å². The molecular weight excluding hydrogens is 417 g/mol. The number of hydrogen-bond donors (Lipinski definition) is 2. The first kappa shape index (κ1) is 22.2. The zero-order valence-corrected chi connectivity index (χ0v) is 18.9. The first-order chi connectivity index (χ1) is 15.9. The van der Waals surface area contributed by atoms with Crippen molar-refractivity contribution >= 4 is 34.3 Å². The predicted molar refractivity (Wildman–Crippen MR) is 131 cm³/mol. The van der Waals surface area contributed by atoms with Gasteiger partial charge in [0.25, 0.3) is 5.91 Å². The Morgan fingerprint density at radius 2 is 1.73 bits per heavy atom. The molecule has 33 heavy (non-hydrogen) atoms. The molecule has 0 fully saturated rings. The number of aryl methyl sites for hydroxylation is 1. The van der Waals surface area contributed by atoms with E-state index in [1.807, 2.05) is 49.2 Å². The second-order valence-corrected chi connectivity index (χ2v) is 7.92. The van der Waals surface area contributed by atoms with E-state index in [-0.39, 0.29) is 11.7 Å². The number of anilines is 3. The number of halogens is 1. The van der Waals surface area contributed by atoms with Crippen LogP contribution >= 0.6 is 0 Å². The molecule has 0 saturated heterocycles. The predicted octanol–water partition coefficient (Wildman–Crippen LogP) is 5.40. The average molecular weight is 444 g/mol. The molecule has 0 atom stereocenters. The van der Waals surface area contributed by atoms with Crippen LogP contribution in [0.5, 0.6) is 0 Å². The molecule has 0 bridgehead atoms. The van der Waals surface area contributed by atoms with Crippen molar-refractivity contribution in [2.45, 2.75) is 20.4 Å². The van der Waals surface area contributed by atoms with E-state index in [2.05, 4.69) is 29.7 Å². The van der Waals surface area contributed by atoms with Gasteiger partial charge in [0.15, 0.2) is 0 Å². The summed E-state index contributed by atoms with van der Waals surface area (Å²) in [5.74, 6) is 0.806. The van der Waals surface area contributed by atoms with Crippen molar-refractivity contribution in [1.82, 2.24) is 9.97 Å². The maximum absolute atomic E-state index is 13.1. The molecule has 0 aliphatic carbocycles. The molecule has 4 aromatic rings. The van der Waals surface area contributed by atoms with Gasteiger partial charge in [-0.1, -0.05) is 18.2 Å². The Morgan fingerprint density at radius 1 is 1.00 bits per heavy atom. The normalized spacial score (nSPS) is 10.8. The summed E-state index contributed by atoms with van der Waals surface area (Å²) < 4.78 is 13.1. The molecule has 1 amide bonds. The highest BCUT2D eigenvalue weighted by molar-refractivity contribution is 6.04. The van der Waals surface area contributed by atoms with Crippen LogP contribution in [-0.4, -0.2) is 29.5 Å². The van der Waals surface area contributed by atoms with Crippen molar-refractivity contribution in [2.75, 3.05) is 29.1 Å². The van der Waals surface area contributed by atoms with E-state index in [9.17, 15) is 9.18 Å². The van der Waals surface area contributed by atoms with Crippen LogP contribution in [0.15, 0.2) is 66.7 Å². The summed E-state index contributed by atoms with van der Waals surface area (Å²) in [4.78, 5) is 23.8. The van der Waals surface area contributed by atoms with Gasteiger partial charge in [-0.2, -0.15) is 4.98 Å². The number of nitrogens with one attached hydrogen (secondary N) is 2. The second kappa shape index (κ2) is 9.65. The third kappa shape index (κ3) is 5.26. The van der Waals surface area contributed by atoms with E-state index in [0.29, 0.717) is 23.7 Å². The van der Waals surface area contributed by atoms with E-state index < -0.39 is 0 Å². The lowest BCUT2D eigenvalue weighted by Crippen LogP contribution is -2.19. The van der Waals surface area contributed by atoms with Gasteiger partial charge in [0.2, 0.25) is 5.95 Å². The van der Waals surface area contributed by atoms with Gasteiger partial charge < -0.3 is 15.5 Å². The lowest BCUT2D eigenvalue weighted by Gasteiger charge is -2.17. The number of aromatic nitrogens is 2. The number of amides is 1. The second-order valence-electron chi connectivity index (χ2n) is 7.92. The van der Waals surface area contributed by atoms with Gasteiger partial charge in [-0.05, 0) is 73.5 Å². The fourth-order valence-corrected chi connectivity index (χ4v) is 3.37. The van der Waals surface area contributed by atoms with E-state index in [4.69, 9.17) is 9.97 Å². The highest BCUT2D eigenvalue weighted by atomic mass is 19.1. The molecule has 168 valence electrons. The van der Waals surface area contributed by atoms with Gasteiger partial charge >= 0.3 is 0 Å². The van der Waals surface area contributed by atoms with Gasteiger partial charge in [0.05, 0.1) is 5.52 Å². The fourth-order valence-electron chi connectivity index (χ4n) is 3.37. The summed E-state index contributed by atoms with van der Waals surface area (Å²) in [5, 5.41) is 7.23. The van der Waals surface area contributed by atoms with Crippen molar-refractivity contribution in [1.29, 1.82) is 0 Å². The minimum atomic E-state index is -0.372. The first-order valence-corrected chi connectivity index (χ1v) is 10.8. The molecule has 0 spiro atoms. The zero-order valence-electron chi connectivity index (χ0n) is 18.9. The summed E-state index contributed by atoms with van der Waals surface area (Å²) in [6, 6.07) is 19.2. The maximum Gasteiger partial charge on any atom is 0.255 e. The molecule has 0 aliphatic rings. The van der Waals surface area contributed by atoms with Gasteiger partial charge in [-0.15, -0.1) is 0 Å². The van der Waals surface area contributed by atoms with Gasteiger partial charge in [-0.3, -0.25) is 4.79 Å². The van der Waals surface area contributed by atoms with Crippen molar-refractivity contribution in [3.63, 3.8) is 0 Å². The Morgan fingerprint density at radius 3 is 2.42 bits per heavy atom. The van der Waals surface area contributed by atoms with Crippen LogP contribution < -0.4 is 15.5 Å². The number of fused-ring (bicyclic) bond motifs is 1. The number of hydrogen-bond acceptors (Lipinski definition) is 5. The van der Waals surface area contributed by atoms with Crippen LogP contribution in [0.4, 0.5) is 21.8 Å². The average Bonchev–Trinajstić information content (AvgIpc) is 2.82. The molecule has 1 heterocycles. The summed E-state index contributed by atoms with van der Waals surface area (Å²) >= 11 is 0. The number of carbonyl (C=O) groups excluding carboxylic acids is 1. The van der Waals surface area contributed by atoms with Crippen molar-refractivity contribution in [3.8, 4) is 0 Å². The maximum atomic E-state index is 13.1. The van der Waals surface area contributed by atoms with Crippen LogP contribution in [0.3, 0.4) is 0 Å². The fraction of sp³-hybridized carbons (Fsp3) is 0.192. The Kier molecular flexibility index (Phi) is 6.49. The molecule has 4 rings (SSSR count). The van der Waals surface area contributed by atoms with Crippen LogP contribution in [-0.2, 0) is 6.54 Å². The largest absolute Gasteiger partial charge is 0.365 e. The van der Waals surface area contributed by atoms with E-state index in [1.165, 1.54) is 24.3 Å². The Balaban J connectivity index is 1.48. The van der Waals surface area contributed by atoms with Crippen molar-refractivity contribution < 1.29 is 9.18 Å². The van der Waals surface area contributed by atoms with Crippen LogP contribution in [0.2, 0.25) is 0 Å². The standard InChI is InChI=1S/C26H26FN5O/c1-4-32(3)26-30-23-15-17(2)5-14-22(23)24(31-26)28-16-18-6-12-21(13-7-18)29-25(33)19-8-10-20(27)11-9-19/h5-15H,4,16H2,1-3H3,(H,29,33)(H,28,30,31). The quantitative estimate of drug-likeness (QED) is 0.400.